The van der Waals surface area contributed by atoms with E-state index in [1.165, 1.54) is 0 Å². The highest BCUT2D eigenvalue weighted by Crippen LogP contribution is 2.27. The number of nitrogens with one attached hydrogen (secondary N) is 1. The van der Waals surface area contributed by atoms with Crippen molar-refractivity contribution in [1.82, 2.24) is 4.90 Å². The van der Waals surface area contributed by atoms with Crippen molar-refractivity contribution in [1.29, 1.82) is 0 Å². The second-order valence-electron chi connectivity index (χ2n) is 6.44. The maximum atomic E-state index is 12.6. The van der Waals surface area contributed by atoms with Gasteiger partial charge in [-0.25, -0.2) is 0 Å². The number of hydrogen-bond donors (Lipinski definition) is 1. The summed E-state index contributed by atoms with van der Waals surface area (Å²) in [6, 6.07) is 11.1. The van der Waals surface area contributed by atoms with Gasteiger partial charge in [0.2, 0.25) is 5.91 Å². The van der Waals surface area contributed by atoms with Gasteiger partial charge in [0.15, 0.2) is 0 Å². The van der Waals surface area contributed by atoms with Crippen molar-refractivity contribution in [3.8, 4) is 0 Å². The smallest absolute Gasteiger partial charge is 0.228 e. The molecule has 0 radical (unpaired) electrons. The maximum absolute atomic E-state index is 12.6. The molecule has 26 heavy (non-hydrogen) atoms. The van der Waals surface area contributed by atoms with Crippen LogP contribution >= 0.6 is 50.7 Å². The molecule has 1 amide bonds. The Morgan fingerprint density at radius 2 is 1.92 bits per heavy atom. The molecular formula is C19H18BrCl3N2O. The zero-order valence-electron chi connectivity index (χ0n) is 13.9. The van der Waals surface area contributed by atoms with E-state index in [-0.39, 0.29) is 11.8 Å². The Hall–Kier alpha value is -0.780. The monoisotopic (exact) mass is 474 g/mol. The zero-order valence-corrected chi connectivity index (χ0v) is 17.8. The Labute approximate surface area is 176 Å². The van der Waals surface area contributed by atoms with Gasteiger partial charge in [-0.2, -0.15) is 0 Å². The maximum Gasteiger partial charge on any atom is 0.228 e. The molecule has 2 aromatic rings. The predicted octanol–water partition coefficient (Wildman–Crippen LogP) is 6.26. The van der Waals surface area contributed by atoms with Crippen molar-refractivity contribution < 1.29 is 4.79 Å². The first kappa shape index (κ1) is 20.0. The third-order valence-electron chi connectivity index (χ3n) is 4.45. The van der Waals surface area contributed by atoms with Crippen molar-refractivity contribution in [2.24, 2.45) is 5.92 Å². The van der Waals surface area contributed by atoms with Crippen LogP contribution in [-0.2, 0) is 11.3 Å². The van der Waals surface area contributed by atoms with Crippen LogP contribution < -0.4 is 5.32 Å². The van der Waals surface area contributed by atoms with E-state index in [9.17, 15) is 4.79 Å². The first-order valence-electron chi connectivity index (χ1n) is 8.34. The number of rotatable bonds is 4. The lowest BCUT2D eigenvalue weighted by atomic mass is 9.96. The molecule has 2 aromatic carbocycles. The topological polar surface area (TPSA) is 32.3 Å². The fraction of sp³-hybridized carbons (Fsp3) is 0.316. The first-order valence-corrected chi connectivity index (χ1v) is 10.3. The molecule has 1 atom stereocenters. The number of anilines is 1. The Bertz CT molecular complexity index is 815. The molecule has 0 spiro atoms. The van der Waals surface area contributed by atoms with E-state index in [1.807, 2.05) is 30.3 Å². The van der Waals surface area contributed by atoms with Gasteiger partial charge in [0, 0.05) is 23.2 Å². The highest BCUT2D eigenvalue weighted by molar-refractivity contribution is 9.10. The van der Waals surface area contributed by atoms with Crippen LogP contribution in [0.2, 0.25) is 15.1 Å². The molecule has 1 aliphatic heterocycles. The van der Waals surface area contributed by atoms with E-state index in [4.69, 9.17) is 34.8 Å². The van der Waals surface area contributed by atoms with Gasteiger partial charge in [-0.15, -0.1) is 0 Å². The van der Waals surface area contributed by atoms with Gasteiger partial charge in [-0.3, -0.25) is 9.69 Å². The Kier molecular flexibility index (Phi) is 6.87. The average Bonchev–Trinajstić information content (AvgIpc) is 2.61. The molecular weight excluding hydrogens is 458 g/mol. The van der Waals surface area contributed by atoms with E-state index in [0.717, 1.165) is 42.5 Å². The van der Waals surface area contributed by atoms with Gasteiger partial charge in [-0.05, 0) is 71.2 Å². The van der Waals surface area contributed by atoms with E-state index in [2.05, 4.69) is 26.1 Å². The Morgan fingerprint density at radius 1 is 1.12 bits per heavy atom. The Balaban J connectivity index is 1.61. The number of carbonyl (C=O) groups is 1. The van der Waals surface area contributed by atoms with Crippen LogP contribution in [0, 0.1) is 5.92 Å². The summed E-state index contributed by atoms with van der Waals surface area (Å²) in [5.41, 5.74) is 1.81. The van der Waals surface area contributed by atoms with E-state index in [1.54, 1.807) is 6.07 Å². The van der Waals surface area contributed by atoms with Gasteiger partial charge >= 0.3 is 0 Å². The van der Waals surface area contributed by atoms with Crippen molar-refractivity contribution >= 4 is 62.3 Å². The summed E-state index contributed by atoms with van der Waals surface area (Å²) in [6.45, 7) is 2.44. The summed E-state index contributed by atoms with van der Waals surface area (Å²) < 4.78 is 0.808. The molecule has 0 bridgehead atoms. The zero-order chi connectivity index (χ0) is 18.7. The lowest BCUT2D eigenvalue weighted by Crippen LogP contribution is -2.40. The van der Waals surface area contributed by atoms with E-state index < -0.39 is 0 Å². The van der Waals surface area contributed by atoms with Crippen LogP contribution in [0.4, 0.5) is 5.69 Å². The molecule has 0 saturated carbocycles. The molecule has 0 aromatic heterocycles. The minimum Gasteiger partial charge on any atom is -0.326 e. The highest BCUT2D eigenvalue weighted by Gasteiger charge is 2.26. The van der Waals surface area contributed by atoms with E-state index in [0.29, 0.717) is 20.8 Å². The minimum atomic E-state index is -0.0473. The Morgan fingerprint density at radius 3 is 2.65 bits per heavy atom. The molecule has 1 N–H and O–H groups in total. The lowest BCUT2D eigenvalue weighted by Gasteiger charge is -2.32. The largest absolute Gasteiger partial charge is 0.326 e. The molecule has 138 valence electrons. The van der Waals surface area contributed by atoms with Crippen LogP contribution in [-0.4, -0.2) is 23.9 Å². The molecule has 1 fully saturated rings. The summed E-state index contributed by atoms with van der Waals surface area (Å²) in [5, 5.41) is 4.66. The summed E-state index contributed by atoms with van der Waals surface area (Å²) in [6.07, 6.45) is 1.87. The second-order valence-corrected chi connectivity index (χ2v) is 8.52. The number of hydrogen-bond acceptors (Lipinski definition) is 2. The van der Waals surface area contributed by atoms with Gasteiger partial charge in [0.1, 0.15) is 0 Å². The third kappa shape index (κ3) is 5.14. The van der Waals surface area contributed by atoms with E-state index >= 15 is 0 Å². The van der Waals surface area contributed by atoms with Crippen LogP contribution in [0.15, 0.2) is 40.9 Å². The summed E-state index contributed by atoms with van der Waals surface area (Å²) in [5.74, 6) is -0.0174. The standard InChI is InChI=1S/C19H18BrCl3N2O/c20-15-5-4-14(9-17(15)22)24-19(26)13-2-1-7-25(11-13)10-12-3-6-16(21)18(23)8-12/h3-6,8-9,13H,1-2,7,10-11H2,(H,24,26). The lowest BCUT2D eigenvalue weighted by molar-refractivity contribution is -0.121. The molecule has 3 nitrogen and oxygen atoms in total. The van der Waals surface area contributed by atoms with Crippen LogP contribution in [0.5, 0.6) is 0 Å². The number of amides is 1. The fourth-order valence-corrected chi connectivity index (χ4v) is 3.88. The number of nitrogens with zero attached hydrogens (tertiary/aromatic N) is 1. The van der Waals surface area contributed by atoms with Gasteiger partial charge in [0.25, 0.3) is 0 Å². The SMILES string of the molecule is O=C(Nc1ccc(Br)c(Cl)c1)C1CCCN(Cc2ccc(Cl)c(Cl)c2)C1. The molecule has 3 rings (SSSR count). The number of halogens is 4. The molecule has 1 aliphatic rings. The number of carbonyl (C=O) groups excluding carboxylic acids is 1. The number of piperidine rings is 1. The highest BCUT2D eigenvalue weighted by atomic mass is 79.9. The summed E-state index contributed by atoms with van der Waals surface area (Å²) in [4.78, 5) is 14.9. The average molecular weight is 477 g/mol. The van der Waals surface area contributed by atoms with Crippen molar-refractivity contribution in [2.75, 3.05) is 18.4 Å². The quantitative estimate of drug-likeness (QED) is 0.565. The first-order chi connectivity index (χ1) is 12.4. The third-order valence-corrected chi connectivity index (χ3v) is 6.43. The van der Waals surface area contributed by atoms with Crippen molar-refractivity contribution in [3.05, 3.63) is 61.5 Å². The normalized spacial score (nSPS) is 17.9. The van der Waals surface area contributed by atoms with Crippen molar-refractivity contribution in [2.45, 2.75) is 19.4 Å². The van der Waals surface area contributed by atoms with Gasteiger partial charge in [0.05, 0.1) is 21.0 Å². The van der Waals surface area contributed by atoms with Crippen LogP contribution in [0.25, 0.3) is 0 Å². The van der Waals surface area contributed by atoms with Gasteiger partial charge in [-0.1, -0.05) is 40.9 Å². The second kappa shape index (κ2) is 8.94. The molecule has 7 heteroatoms. The predicted molar refractivity (Wildman–Crippen MR) is 112 cm³/mol. The summed E-state index contributed by atoms with van der Waals surface area (Å²) in [7, 11) is 0. The molecule has 1 heterocycles. The summed E-state index contributed by atoms with van der Waals surface area (Å²) >= 11 is 21.5. The van der Waals surface area contributed by atoms with Gasteiger partial charge < -0.3 is 5.32 Å². The number of likely N-dealkylation sites (tertiary alicyclic amines) is 1. The molecule has 1 saturated heterocycles. The molecule has 0 aliphatic carbocycles. The molecule has 1 unspecified atom stereocenters. The van der Waals surface area contributed by atoms with Crippen molar-refractivity contribution in [3.63, 3.8) is 0 Å². The van der Waals surface area contributed by atoms with Crippen LogP contribution in [0.3, 0.4) is 0 Å². The minimum absolute atomic E-state index is 0.0298. The van der Waals surface area contributed by atoms with Crippen LogP contribution in [0.1, 0.15) is 18.4 Å². The number of benzene rings is 2. The fourth-order valence-electron chi connectivity index (χ4n) is 3.13.